The van der Waals surface area contributed by atoms with Gasteiger partial charge in [-0.3, -0.25) is 4.79 Å². The summed E-state index contributed by atoms with van der Waals surface area (Å²) in [5.41, 5.74) is 0.234. The lowest BCUT2D eigenvalue weighted by molar-refractivity contribution is 0.103. The maximum Gasteiger partial charge on any atom is 0.243 e. The Morgan fingerprint density at radius 3 is 2.67 bits per heavy atom. The van der Waals surface area contributed by atoms with Crippen LogP contribution in [-0.2, 0) is 0 Å². The Balaban J connectivity index is 2.47. The van der Waals surface area contributed by atoms with E-state index < -0.39 is 11.6 Å². The van der Waals surface area contributed by atoms with Crippen LogP contribution >= 0.6 is 15.9 Å². The molecular formula is C12H8BrFN2O2. The number of carbonyl (C=O) groups is 1. The monoisotopic (exact) mass is 310 g/mol. The van der Waals surface area contributed by atoms with Gasteiger partial charge in [0.15, 0.2) is 5.69 Å². The first kappa shape index (κ1) is 12.6. The molecule has 0 N–H and O–H groups in total. The molecule has 92 valence electrons. The number of benzene rings is 1. The van der Waals surface area contributed by atoms with Crippen molar-refractivity contribution in [3.05, 3.63) is 52.1 Å². The highest BCUT2D eigenvalue weighted by molar-refractivity contribution is 9.10. The molecule has 0 spiro atoms. The Labute approximate surface area is 111 Å². The van der Waals surface area contributed by atoms with Gasteiger partial charge < -0.3 is 4.74 Å². The van der Waals surface area contributed by atoms with Gasteiger partial charge in [0.25, 0.3) is 0 Å². The average Bonchev–Trinajstić information content (AvgIpc) is 2.36. The Hall–Kier alpha value is -1.82. The quantitative estimate of drug-likeness (QED) is 0.818. The maximum atomic E-state index is 13.2. The lowest BCUT2D eigenvalue weighted by Gasteiger charge is -2.05. The van der Waals surface area contributed by atoms with E-state index in [-0.39, 0.29) is 17.1 Å². The van der Waals surface area contributed by atoms with Gasteiger partial charge in [-0.05, 0) is 18.2 Å². The first-order valence-electron chi connectivity index (χ1n) is 4.97. The predicted molar refractivity (Wildman–Crippen MR) is 66.1 cm³/mol. The van der Waals surface area contributed by atoms with Gasteiger partial charge in [0, 0.05) is 22.4 Å². The second kappa shape index (κ2) is 5.22. The number of methoxy groups -OCH3 is 1. The van der Waals surface area contributed by atoms with Crippen LogP contribution in [0.1, 0.15) is 16.1 Å². The van der Waals surface area contributed by atoms with Crippen molar-refractivity contribution < 1.29 is 13.9 Å². The normalized spacial score (nSPS) is 10.2. The molecule has 0 atom stereocenters. The van der Waals surface area contributed by atoms with E-state index in [1.807, 2.05) is 0 Å². The summed E-state index contributed by atoms with van der Waals surface area (Å²) < 4.78 is 18.7. The Kier molecular flexibility index (Phi) is 3.66. The van der Waals surface area contributed by atoms with E-state index in [1.54, 1.807) is 0 Å². The molecule has 2 aromatic rings. The van der Waals surface area contributed by atoms with Crippen molar-refractivity contribution in [1.29, 1.82) is 0 Å². The predicted octanol–water partition coefficient (Wildman–Crippen LogP) is 2.62. The molecule has 0 saturated carbocycles. The fraction of sp³-hybridized carbons (Fsp3) is 0.0833. The Bertz CT molecular complexity index is 584. The van der Waals surface area contributed by atoms with Crippen LogP contribution in [0.5, 0.6) is 5.88 Å². The number of halogens is 2. The molecule has 0 unspecified atom stereocenters. The molecule has 4 nitrogen and oxygen atoms in total. The molecular weight excluding hydrogens is 303 g/mol. The van der Waals surface area contributed by atoms with Gasteiger partial charge in [0.1, 0.15) is 5.82 Å². The SMILES string of the molecule is COc1nccnc1C(=O)c1cc(F)cc(Br)c1. The lowest BCUT2D eigenvalue weighted by atomic mass is 10.1. The van der Waals surface area contributed by atoms with Crippen molar-refractivity contribution in [2.24, 2.45) is 0 Å². The van der Waals surface area contributed by atoms with Crippen molar-refractivity contribution in [3.8, 4) is 5.88 Å². The average molecular weight is 311 g/mol. The van der Waals surface area contributed by atoms with E-state index in [4.69, 9.17) is 4.74 Å². The number of nitrogens with zero attached hydrogens (tertiary/aromatic N) is 2. The van der Waals surface area contributed by atoms with E-state index in [2.05, 4.69) is 25.9 Å². The van der Waals surface area contributed by atoms with Crippen molar-refractivity contribution in [2.75, 3.05) is 7.11 Å². The second-order valence-electron chi connectivity index (χ2n) is 3.40. The summed E-state index contributed by atoms with van der Waals surface area (Å²) >= 11 is 3.13. The molecule has 0 aliphatic rings. The number of rotatable bonds is 3. The molecule has 0 aliphatic heterocycles. The fourth-order valence-corrected chi connectivity index (χ4v) is 1.92. The fourth-order valence-electron chi connectivity index (χ4n) is 1.45. The molecule has 0 saturated heterocycles. The second-order valence-corrected chi connectivity index (χ2v) is 4.32. The Morgan fingerprint density at radius 2 is 2.00 bits per heavy atom. The summed E-state index contributed by atoms with van der Waals surface area (Å²) in [5, 5.41) is 0. The highest BCUT2D eigenvalue weighted by Crippen LogP contribution is 2.20. The van der Waals surface area contributed by atoms with Crippen LogP contribution in [0.4, 0.5) is 4.39 Å². The minimum atomic E-state index is -0.504. The number of ketones is 1. The topological polar surface area (TPSA) is 52.1 Å². The molecule has 0 bridgehead atoms. The summed E-state index contributed by atoms with van der Waals surface area (Å²) in [7, 11) is 1.39. The lowest BCUT2D eigenvalue weighted by Crippen LogP contribution is -2.08. The number of hydrogen-bond donors (Lipinski definition) is 0. The molecule has 0 fully saturated rings. The van der Waals surface area contributed by atoms with E-state index in [9.17, 15) is 9.18 Å². The number of ether oxygens (including phenoxy) is 1. The van der Waals surface area contributed by atoms with Gasteiger partial charge in [-0.25, -0.2) is 14.4 Å². The van der Waals surface area contributed by atoms with Crippen molar-refractivity contribution in [1.82, 2.24) is 9.97 Å². The van der Waals surface area contributed by atoms with E-state index in [1.165, 1.54) is 31.6 Å². The molecule has 2 rings (SSSR count). The summed E-state index contributed by atoms with van der Waals surface area (Å²) in [6.07, 6.45) is 2.79. The highest BCUT2D eigenvalue weighted by atomic mass is 79.9. The van der Waals surface area contributed by atoms with E-state index >= 15 is 0 Å². The standard InChI is InChI=1S/C12H8BrFN2O2/c1-18-12-10(15-2-3-16-12)11(17)7-4-8(13)6-9(14)5-7/h2-6H,1H3. The third kappa shape index (κ3) is 2.53. The molecule has 0 aliphatic carbocycles. The first-order chi connectivity index (χ1) is 8.61. The van der Waals surface area contributed by atoms with Crippen LogP contribution in [0.3, 0.4) is 0 Å². The smallest absolute Gasteiger partial charge is 0.243 e. The minimum absolute atomic E-state index is 0.0532. The van der Waals surface area contributed by atoms with Crippen LogP contribution in [0.25, 0.3) is 0 Å². The highest BCUT2D eigenvalue weighted by Gasteiger charge is 2.18. The first-order valence-corrected chi connectivity index (χ1v) is 5.77. The largest absolute Gasteiger partial charge is 0.479 e. The molecule has 1 aromatic carbocycles. The van der Waals surface area contributed by atoms with Crippen LogP contribution in [0.2, 0.25) is 0 Å². The van der Waals surface area contributed by atoms with Gasteiger partial charge in [-0.1, -0.05) is 15.9 Å². The number of carbonyl (C=O) groups excluding carboxylic acids is 1. The summed E-state index contributed by atoms with van der Waals surface area (Å²) in [6.45, 7) is 0. The zero-order valence-corrected chi connectivity index (χ0v) is 10.9. The van der Waals surface area contributed by atoms with E-state index in [0.29, 0.717) is 4.47 Å². The van der Waals surface area contributed by atoms with Crippen molar-refractivity contribution >= 4 is 21.7 Å². The zero-order chi connectivity index (χ0) is 13.1. The summed E-state index contributed by atoms with van der Waals surface area (Å²) in [4.78, 5) is 19.9. The molecule has 1 heterocycles. The van der Waals surface area contributed by atoms with Gasteiger partial charge >= 0.3 is 0 Å². The zero-order valence-electron chi connectivity index (χ0n) is 9.35. The minimum Gasteiger partial charge on any atom is -0.479 e. The van der Waals surface area contributed by atoms with Crippen molar-refractivity contribution in [3.63, 3.8) is 0 Å². The van der Waals surface area contributed by atoms with Crippen LogP contribution < -0.4 is 4.74 Å². The summed E-state index contributed by atoms with van der Waals surface area (Å²) in [6, 6.07) is 3.92. The number of aromatic nitrogens is 2. The van der Waals surface area contributed by atoms with Gasteiger partial charge in [-0.15, -0.1) is 0 Å². The van der Waals surface area contributed by atoms with Crippen LogP contribution in [0, 0.1) is 5.82 Å². The number of hydrogen-bond acceptors (Lipinski definition) is 4. The molecule has 0 amide bonds. The molecule has 6 heteroatoms. The van der Waals surface area contributed by atoms with Gasteiger partial charge in [0.05, 0.1) is 7.11 Å². The van der Waals surface area contributed by atoms with Gasteiger partial charge in [-0.2, -0.15) is 0 Å². The third-order valence-corrected chi connectivity index (χ3v) is 2.66. The summed E-state index contributed by atoms with van der Waals surface area (Å²) in [5.74, 6) is -0.835. The third-order valence-electron chi connectivity index (χ3n) is 2.20. The van der Waals surface area contributed by atoms with Crippen LogP contribution in [0.15, 0.2) is 35.1 Å². The van der Waals surface area contributed by atoms with E-state index in [0.717, 1.165) is 6.07 Å². The molecule has 1 aromatic heterocycles. The molecule has 0 radical (unpaired) electrons. The van der Waals surface area contributed by atoms with Crippen molar-refractivity contribution in [2.45, 2.75) is 0 Å². The van der Waals surface area contributed by atoms with Crippen LogP contribution in [-0.4, -0.2) is 22.9 Å². The van der Waals surface area contributed by atoms with Gasteiger partial charge in [0.2, 0.25) is 11.7 Å². The Morgan fingerprint density at radius 1 is 1.28 bits per heavy atom. The molecule has 18 heavy (non-hydrogen) atoms. The maximum absolute atomic E-state index is 13.2.